The zero-order chi connectivity index (χ0) is 21.5. The maximum absolute atomic E-state index is 11.2. The van der Waals surface area contributed by atoms with Gasteiger partial charge in [0.1, 0.15) is 18.1 Å². The van der Waals surface area contributed by atoms with E-state index in [0.717, 1.165) is 11.1 Å². The van der Waals surface area contributed by atoms with Gasteiger partial charge in [0.05, 0.1) is 11.6 Å². The molecule has 0 heterocycles. The maximum atomic E-state index is 11.2. The second-order valence-electron chi connectivity index (χ2n) is 6.37. The van der Waals surface area contributed by atoms with Gasteiger partial charge in [0.15, 0.2) is 0 Å². The van der Waals surface area contributed by atoms with E-state index >= 15 is 0 Å². The van der Waals surface area contributed by atoms with E-state index < -0.39 is 17.5 Å². The lowest BCUT2D eigenvalue weighted by molar-refractivity contribution is -0.146. The number of aliphatic hydroxyl groups is 1. The average molecular weight is 399 g/mol. The fourth-order valence-corrected chi connectivity index (χ4v) is 2.81. The Morgan fingerprint density at radius 1 is 0.933 bits per heavy atom. The van der Waals surface area contributed by atoms with Gasteiger partial charge in [-0.3, -0.25) is 4.79 Å². The van der Waals surface area contributed by atoms with E-state index in [1.165, 1.54) is 12.1 Å². The molecule has 0 atom stereocenters. The molecule has 0 bridgehead atoms. The Hall–Kier alpha value is -4.37. The third-order valence-electron chi connectivity index (χ3n) is 4.34. The summed E-state index contributed by atoms with van der Waals surface area (Å²) in [7, 11) is 0. The van der Waals surface area contributed by atoms with Crippen LogP contribution in [0.15, 0.2) is 78.9 Å². The molecule has 0 aliphatic carbocycles. The van der Waals surface area contributed by atoms with Gasteiger partial charge >= 0.3 is 5.97 Å². The first-order valence-electron chi connectivity index (χ1n) is 8.97. The fraction of sp³-hybridized carbons (Fsp3) is 0.0417. The van der Waals surface area contributed by atoms with Gasteiger partial charge in [0.25, 0.3) is 5.78 Å². The molecule has 0 aliphatic rings. The van der Waals surface area contributed by atoms with Crippen molar-refractivity contribution in [1.29, 1.82) is 5.26 Å². The van der Waals surface area contributed by atoms with Crippen LogP contribution in [-0.2, 0) is 16.2 Å². The molecule has 2 N–H and O–H groups in total. The van der Waals surface area contributed by atoms with Crippen molar-refractivity contribution in [3.05, 3.63) is 95.6 Å². The molecule has 148 valence electrons. The number of aliphatic hydroxyl groups excluding tert-OH is 1. The van der Waals surface area contributed by atoms with Gasteiger partial charge < -0.3 is 14.9 Å². The van der Waals surface area contributed by atoms with Gasteiger partial charge in [-0.05, 0) is 35.4 Å². The summed E-state index contributed by atoms with van der Waals surface area (Å²) in [5, 5.41) is 28.0. The smallest absolute Gasteiger partial charge is 0.376 e. The molecule has 3 rings (SSSR count). The van der Waals surface area contributed by atoms with Crippen LogP contribution in [-0.4, -0.2) is 22.0 Å². The highest BCUT2D eigenvalue weighted by atomic mass is 16.5. The quantitative estimate of drug-likeness (QED) is 0.347. The van der Waals surface area contributed by atoms with E-state index in [4.69, 9.17) is 9.84 Å². The van der Waals surface area contributed by atoms with Gasteiger partial charge in [-0.25, -0.2) is 4.79 Å². The number of rotatable bonds is 7. The van der Waals surface area contributed by atoms with Gasteiger partial charge in [-0.15, -0.1) is 0 Å². The van der Waals surface area contributed by atoms with Crippen LogP contribution in [0.25, 0.3) is 16.9 Å². The third-order valence-corrected chi connectivity index (χ3v) is 4.34. The largest absolute Gasteiger partial charge is 0.507 e. The standard InChI is InChI=1S/C24H17NO5/c25-14-19-10-9-17(16-5-2-1-3-6-16)11-20(19)15-30-21-8-4-7-18(12-21)22(26)13-23(27)24(28)29/h1-13,26H,15H2,(H,28,29). The van der Waals surface area contributed by atoms with Crippen molar-refractivity contribution >= 4 is 17.5 Å². The van der Waals surface area contributed by atoms with Crippen LogP contribution in [0.1, 0.15) is 16.7 Å². The number of ketones is 1. The number of carbonyl (C=O) groups excluding carboxylic acids is 1. The number of nitrogens with zero attached hydrogens (tertiary/aromatic N) is 1. The second kappa shape index (κ2) is 9.22. The second-order valence-corrected chi connectivity index (χ2v) is 6.37. The molecule has 6 nitrogen and oxygen atoms in total. The van der Waals surface area contributed by atoms with Crippen molar-refractivity contribution in [3.63, 3.8) is 0 Å². The zero-order valence-electron chi connectivity index (χ0n) is 15.8. The number of carboxylic acids is 1. The summed E-state index contributed by atoms with van der Waals surface area (Å²) in [6.45, 7) is 0.117. The van der Waals surface area contributed by atoms with Gasteiger partial charge in [-0.1, -0.05) is 48.5 Å². The topological polar surface area (TPSA) is 108 Å². The average Bonchev–Trinajstić information content (AvgIpc) is 2.78. The Morgan fingerprint density at radius 2 is 1.70 bits per heavy atom. The molecule has 3 aromatic carbocycles. The van der Waals surface area contributed by atoms with Crippen molar-refractivity contribution in [1.82, 2.24) is 0 Å². The number of hydrogen-bond acceptors (Lipinski definition) is 5. The summed E-state index contributed by atoms with van der Waals surface area (Å²) in [6.07, 6.45) is 0.637. The minimum atomic E-state index is -1.66. The minimum Gasteiger partial charge on any atom is -0.507 e. The highest BCUT2D eigenvalue weighted by Crippen LogP contribution is 2.24. The number of carboxylic acid groups (broad SMARTS) is 1. The lowest BCUT2D eigenvalue weighted by atomic mass is 10.00. The molecule has 30 heavy (non-hydrogen) atoms. The van der Waals surface area contributed by atoms with Gasteiger partial charge in [0, 0.05) is 17.2 Å². The van der Waals surface area contributed by atoms with E-state index in [-0.39, 0.29) is 12.2 Å². The van der Waals surface area contributed by atoms with Crippen LogP contribution in [0.2, 0.25) is 0 Å². The molecule has 0 saturated heterocycles. The van der Waals surface area contributed by atoms with E-state index in [2.05, 4.69) is 6.07 Å². The number of nitriles is 1. The Kier molecular flexibility index (Phi) is 6.26. The number of hydrogen-bond donors (Lipinski definition) is 2. The van der Waals surface area contributed by atoms with Crippen molar-refractivity contribution in [2.24, 2.45) is 0 Å². The van der Waals surface area contributed by atoms with Crippen LogP contribution >= 0.6 is 0 Å². The first-order valence-corrected chi connectivity index (χ1v) is 8.97. The highest BCUT2D eigenvalue weighted by Gasteiger charge is 2.11. The summed E-state index contributed by atoms with van der Waals surface area (Å²) in [5.74, 6) is -2.97. The summed E-state index contributed by atoms with van der Waals surface area (Å²) < 4.78 is 5.78. The lowest BCUT2D eigenvalue weighted by Gasteiger charge is -2.11. The number of carbonyl (C=O) groups is 2. The molecular formula is C24H17NO5. The number of benzene rings is 3. The summed E-state index contributed by atoms with van der Waals surface area (Å²) >= 11 is 0. The SMILES string of the molecule is N#Cc1ccc(-c2ccccc2)cc1COc1cccc(C(O)=CC(=O)C(=O)O)c1. The fourth-order valence-electron chi connectivity index (χ4n) is 2.81. The van der Waals surface area contributed by atoms with Crippen molar-refractivity contribution in [2.75, 3.05) is 0 Å². The molecule has 0 radical (unpaired) electrons. The van der Waals surface area contributed by atoms with Crippen LogP contribution in [0.3, 0.4) is 0 Å². The minimum absolute atomic E-state index is 0.117. The van der Waals surface area contributed by atoms with Crippen LogP contribution in [0, 0.1) is 11.3 Å². The first-order chi connectivity index (χ1) is 14.5. The Labute approximate surface area is 172 Å². The van der Waals surface area contributed by atoms with E-state index in [0.29, 0.717) is 23.0 Å². The molecule has 0 unspecified atom stereocenters. The first kappa shape index (κ1) is 20.4. The van der Waals surface area contributed by atoms with Crippen LogP contribution in [0.4, 0.5) is 0 Å². The molecule has 0 aliphatic heterocycles. The number of aliphatic carboxylic acids is 1. The normalized spacial score (nSPS) is 10.8. The van der Waals surface area contributed by atoms with Crippen LogP contribution < -0.4 is 4.74 Å². The summed E-state index contributed by atoms with van der Waals surface area (Å²) in [6, 6.07) is 23.7. The van der Waals surface area contributed by atoms with Crippen molar-refractivity contribution in [2.45, 2.75) is 6.61 Å². The molecule has 0 fully saturated rings. The Morgan fingerprint density at radius 3 is 2.40 bits per heavy atom. The van der Waals surface area contributed by atoms with E-state index in [1.54, 1.807) is 18.2 Å². The van der Waals surface area contributed by atoms with Gasteiger partial charge in [-0.2, -0.15) is 5.26 Å². The Bertz CT molecular complexity index is 1160. The third kappa shape index (κ3) is 4.91. The summed E-state index contributed by atoms with van der Waals surface area (Å²) in [5.41, 5.74) is 3.39. The number of ether oxygens (including phenoxy) is 1. The molecule has 0 spiro atoms. The molecule has 3 aromatic rings. The van der Waals surface area contributed by atoms with Crippen molar-refractivity contribution in [3.8, 4) is 22.9 Å². The van der Waals surface area contributed by atoms with E-state index in [9.17, 15) is 20.0 Å². The molecule has 0 aromatic heterocycles. The molecular weight excluding hydrogens is 382 g/mol. The predicted molar refractivity (Wildman–Crippen MR) is 111 cm³/mol. The zero-order valence-corrected chi connectivity index (χ0v) is 15.8. The van der Waals surface area contributed by atoms with Gasteiger partial charge in [0.2, 0.25) is 0 Å². The van der Waals surface area contributed by atoms with Crippen LogP contribution in [0.5, 0.6) is 5.75 Å². The lowest BCUT2D eigenvalue weighted by Crippen LogP contribution is -2.09. The van der Waals surface area contributed by atoms with E-state index in [1.807, 2.05) is 42.5 Å². The predicted octanol–water partition coefficient (Wildman–Crippen LogP) is 4.36. The molecule has 0 amide bonds. The maximum Gasteiger partial charge on any atom is 0.376 e. The summed E-state index contributed by atoms with van der Waals surface area (Å²) in [4.78, 5) is 21.9. The molecule has 6 heteroatoms. The monoisotopic (exact) mass is 399 g/mol. The highest BCUT2D eigenvalue weighted by molar-refractivity contribution is 6.38. The van der Waals surface area contributed by atoms with Crippen molar-refractivity contribution < 1.29 is 24.5 Å². The molecule has 0 saturated carbocycles. The Balaban J connectivity index is 1.81.